The highest BCUT2D eigenvalue weighted by Gasteiger charge is 2.30. The van der Waals surface area contributed by atoms with E-state index in [2.05, 4.69) is 20.6 Å². The monoisotopic (exact) mass is 418 g/mol. The van der Waals surface area contributed by atoms with E-state index in [1.165, 1.54) is 6.07 Å². The molecule has 1 aromatic heterocycles. The number of nitrogens with zero attached hydrogens (tertiary/aromatic N) is 2. The molecule has 0 aromatic carbocycles. The molecule has 2 rings (SSSR count). The van der Waals surface area contributed by atoms with Crippen LogP contribution in [0.3, 0.4) is 0 Å². The molecule has 2 N–H and O–H groups in total. The number of alkyl halides is 3. The molecule has 1 aromatic rings. The third-order valence-corrected chi connectivity index (χ3v) is 4.10. The molecular weight excluding hydrogens is 389 g/mol. The molecule has 2 heterocycles. The van der Waals surface area contributed by atoms with Crippen molar-refractivity contribution in [3.63, 3.8) is 0 Å². The molecule has 10 heteroatoms. The van der Waals surface area contributed by atoms with Gasteiger partial charge in [-0.1, -0.05) is 0 Å². The SMILES string of the molecule is CCNC(=NCCCOCC1CCCO1)NCCOc1ccc(C(F)(F)F)cn1. The highest BCUT2D eigenvalue weighted by molar-refractivity contribution is 5.79. The van der Waals surface area contributed by atoms with Gasteiger partial charge in [0.1, 0.15) is 6.61 Å². The molecule has 0 radical (unpaired) electrons. The zero-order valence-corrected chi connectivity index (χ0v) is 16.6. The van der Waals surface area contributed by atoms with Crippen molar-refractivity contribution in [1.29, 1.82) is 0 Å². The number of ether oxygens (including phenoxy) is 3. The molecule has 1 unspecified atom stereocenters. The van der Waals surface area contributed by atoms with Crippen LogP contribution in [0.25, 0.3) is 0 Å². The Kier molecular flexibility index (Phi) is 9.99. The van der Waals surface area contributed by atoms with Crippen LogP contribution in [0, 0.1) is 0 Å². The highest BCUT2D eigenvalue weighted by atomic mass is 19.4. The maximum absolute atomic E-state index is 12.5. The van der Waals surface area contributed by atoms with Gasteiger partial charge in [-0.25, -0.2) is 4.98 Å². The molecule has 0 bridgehead atoms. The Balaban J connectivity index is 1.60. The fraction of sp³-hybridized carbons (Fsp3) is 0.684. The average Bonchev–Trinajstić information content (AvgIpc) is 3.21. The average molecular weight is 418 g/mol. The van der Waals surface area contributed by atoms with E-state index >= 15 is 0 Å². The first-order chi connectivity index (χ1) is 14.0. The summed E-state index contributed by atoms with van der Waals surface area (Å²) in [4.78, 5) is 8.12. The molecule has 1 aliphatic heterocycles. The summed E-state index contributed by atoms with van der Waals surface area (Å²) in [6.07, 6.45) is -0.438. The first-order valence-electron chi connectivity index (χ1n) is 9.86. The summed E-state index contributed by atoms with van der Waals surface area (Å²) in [7, 11) is 0. The Morgan fingerprint density at radius 2 is 2.17 bits per heavy atom. The first kappa shape index (κ1) is 23.2. The number of pyridine rings is 1. The third kappa shape index (κ3) is 9.31. The van der Waals surface area contributed by atoms with Crippen molar-refractivity contribution in [2.24, 2.45) is 4.99 Å². The van der Waals surface area contributed by atoms with Gasteiger partial charge >= 0.3 is 6.18 Å². The number of aromatic nitrogens is 1. The molecular formula is C19H29F3N4O3. The fourth-order valence-corrected chi connectivity index (χ4v) is 2.65. The van der Waals surface area contributed by atoms with Crippen LogP contribution in [0.15, 0.2) is 23.3 Å². The third-order valence-electron chi connectivity index (χ3n) is 4.10. The lowest BCUT2D eigenvalue weighted by Crippen LogP contribution is -2.39. The second-order valence-corrected chi connectivity index (χ2v) is 6.48. The van der Waals surface area contributed by atoms with E-state index < -0.39 is 11.7 Å². The Morgan fingerprint density at radius 1 is 1.31 bits per heavy atom. The molecule has 29 heavy (non-hydrogen) atoms. The van der Waals surface area contributed by atoms with Gasteiger partial charge in [-0.05, 0) is 32.3 Å². The summed E-state index contributed by atoms with van der Waals surface area (Å²) in [5, 5.41) is 6.23. The lowest BCUT2D eigenvalue weighted by molar-refractivity contribution is -0.137. The minimum atomic E-state index is -4.40. The predicted octanol–water partition coefficient (Wildman–Crippen LogP) is 2.62. The van der Waals surface area contributed by atoms with Crippen molar-refractivity contribution in [2.45, 2.75) is 38.5 Å². The van der Waals surface area contributed by atoms with Crippen LogP contribution in [0.1, 0.15) is 31.7 Å². The second-order valence-electron chi connectivity index (χ2n) is 6.48. The summed E-state index contributed by atoms with van der Waals surface area (Å²) >= 11 is 0. The van der Waals surface area contributed by atoms with E-state index in [0.29, 0.717) is 38.8 Å². The van der Waals surface area contributed by atoms with Crippen molar-refractivity contribution in [2.75, 3.05) is 46.1 Å². The van der Waals surface area contributed by atoms with Crippen LogP contribution >= 0.6 is 0 Å². The van der Waals surface area contributed by atoms with Gasteiger partial charge in [0, 0.05) is 38.6 Å². The normalized spacial score (nSPS) is 17.4. The zero-order chi connectivity index (χ0) is 21.0. The number of guanidine groups is 1. The van der Waals surface area contributed by atoms with Crippen molar-refractivity contribution in [3.8, 4) is 5.88 Å². The van der Waals surface area contributed by atoms with Gasteiger partial charge in [0.15, 0.2) is 5.96 Å². The summed E-state index contributed by atoms with van der Waals surface area (Å²) in [5.74, 6) is 0.792. The lowest BCUT2D eigenvalue weighted by Gasteiger charge is -2.12. The van der Waals surface area contributed by atoms with E-state index in [4.69, 9.17) is 14.2 Å². The number of nitrogens with one attached hydrogen (secondary N) is 2. The van der Waals surface area contributed by atoms with E-state index in [1.54, 1.807) is 0 Å². The molecule has 0 spiro atoms. The smallest absolute Gasteiger partial charge is 0.417 e. The first-order valence-corrected chi connectivity index (χ1v) is 9.86. The van der Waals surface area contributed by atoms with Gasteiger partial charge in [-0.15, -0.1) is 0 Å². The summed E-state index contributed by atoms with van der Waals surface area (Å²) in [6, 6.07) is 2.15. The molecule has 0 saturated carbocycles. The maximum Gasteiger partial charge on any atom is 0.417 e. The van der Waals surface area contributed by atoms with Crippen LogP contribution in [-0.4, -0.2) is 63.1 Å². The van der Waals surface area contributed by atoms with Crippen LogP contribution in [0.4, 0.5) is 13.2 Å². The zero-order valence-electron chi connectivity index (χ0n) is 16.6. The lowest BCUT2D eigenvalue weighted by atomic mass is 10.2. The van der Waals surface area contributed by atoms with Gasteiger partial charge in [-0.2, -0.15) is 13.2 Å². The maximum atomic E-state index is 12.5. The van der Waals surface area contributed by atoms with Crippen molar-refractivity contribution < 1.29 is 27.4 Å². The van der Waals surface area contributed by atoms with Gasteiger partial charge in [0.05, 0.1) is 24.8 Å². The minimum absolute atomic E-state index is 0.144. The van der Waals surface area contributed by atoms with Crippen LogP contribution in [0.2, 0.25) is 0 Å². The molecule has 1 aliphatic rings. The molecule has 1 atom stereocenters. The van der Waals surface area contributed by atoms with Crippen LogP contribution < -0.4 is 15.4 Å². The standard InChI is InChI=1S/C19H29F3N4O3/c1-2-23-18(24-8-4-10-27-14-16-5-3-11-28-16)25-9-12-29-17-7-6-15(13-26-17)19(20,21)22/h6-7,13,16H,2-5,8-12,14H2,1H3,(H2,23,24,25). The number of aliphatic imine (C=N–C) groups is 1. The van der Waals surface area contributed by atoms with E-state index in [0.717, 1.165) is 38.1 Å². The number of rotatable bonds is 11. The molecule has 0 amide bonds. The Hall–Kier alpha value is -2.07. The second kappa shape index (κ2) is 12.5. The highest BCUT2D eigenvalue weighted by Crippen LogP contribution is 2.29. The largest absolute Gasteiger partial charge is 0.476 e. The van der Waals surface area contributed by atoms with E-state index in [9.17, 15) is 13.2 Å². The van der Waals surface area contributed by atoms with Gasteiger partial charge in [0.2, 0.25) is 5.88 Å². The quantitative estimate of drug-likeness (QED) is 0.327. The van der Waals surface area contributed by atoms with Crippen molar-refractivity contribution >= 4 is 5.96 Å². The van der Waals surface area contributed by atoms with Crippen molar-refractivity contribution in [3.05, 3.63) is 23.9 Å². The Morgan fingerprint density at radius 3 is 2.83 bits per heavy atom. The van der Waals surface area contributed by atoms with Gasteiger partial charge in [0.25, 0.3) is 0 Å². The van der Waals surface area contributed by atoms with Gasteiger partial charge < -0.3 is 24.8 Å². The summed E-state index contributed by atoms with van der Waals surface area (Å²) < 4.78 is 54.0. The molecule has 1 fully saturated rings. The molecule has 1 saturated heterocycles. The Labute approximate surface area is 169 Å². The van der Waals surface area contributed by atoms with Crippen LogP contribution in [0.5, 0.6) is 5.88 Å². The number of hydrogen-bond donors (Lipinski definition) is 2. The summed E-state index contributed by atoms with van der Waals surface area (Å²) in [6.45, 7) is 6.06. The number of halogens is 3. The topological polar surface area (TPSA) is 77.0 Å². The van der Waals surface area contributed by atoms with E-state index in [1.807, 2.05) is 6.92 Å². The van der Waals surface area contributed by atoms with Gasteiger partial charge in [-0.3, -0.25) is 4.99 Å². The molecule has 7 nitrogen and oxygen atoms in total. The fourth-order valence-electron chi connectivity index (χ4n) is 2.65. The molecule has 164 valence electrons. The minimum Gasteiger partial charge on any atom is -0.476 e. The number of hydrogen-bond acceptors (Lipinski definition) is 5. The van der Waals surface area contributed by atoms with Crippen LogP contribution in [-0.2, 0) is 15.7 Å². The molecule has 0 aliphatic carbocycles. The Bertz CT molecular complexity index is 606. The summed E-state index contributed by atoms with van der Waals surface area (Å²) in [5.41, 5.74) is -0.802. The van der Waals surface area contributed by atoms with E-state index in [-0.39, 0.29) is 18.6 Å². The predicted molar refractivity (Wildman–Crippen MR) is 103 cm³/mol. The van der Waals surface area contributed by atoms with Crippen molar-refractivity contribution in [1.82, 2.24) is 15.6 Å².